The lowest BCUT2D eigenvalue weighted by Gasteiger charge is -2.11. The van der Waals surface area contributed by atoms with Crippen LogP contribution in [0, 0.1) is 6.92 Å². The molecule has 1 rings (SSSR count). The van der Waals surface area contributed by atoms with Crippen molar-refractivity contribution < 1.29 is 23.0 Å². The van der Waals surface area contributed by atoms with Crippen LogP contribution in [0.15, 0.2) is 6.07 Å². The lowest BCUT2D eigenvalue weighted by molar-refractivity contribution is 0.0520. The number of carbonyl (C=O) groups is 1. The second-order valence-electron chi connectivity index (χ2n) is 3.27. The maximum atomic E-state index is 12.5. The maximum absolute atomic E-state index is 12.5. The van der Waals surface area contributed by atoms with Crippen molar-refractivity contribution in [3.63, 3.8) is 0 Å². The summed E-state index contributed by atoms with van der Waals surface area (Å²) in [7, 11) is 1.26. The number of hydrogen-bond acceptors (Lipinski definition) is 4. The van der Waals surface area contributed by atoms with Gasteiger partial charge in [0, 0.05) is 0 Å². The lowest BCUT2D eigenvalue weighted by Crippen LogP contribution is -2.11. The average molecular weight is 245 g/mol. The molecule has 17 heavy (non-hydrogen) atoms. The average Bonchev–Trinajstić information content (AvgIpc) is 2.27. The molecule has 0 spiro atoms. The fourth-order valence-corrected chi connectivity index (χ4v) is 1.38. The van der Waals surface area contributed by atoms with Crippen molar-refractivity contribution in [1.29, 1.82) is 0 Å². The van der Waals surface area contributed by atoms with Crippen molar-refractivity contribution in [2.45, 2.75) is 20.3 Å². The summed E-state index contributed by atoms with van der Waals surface area (Å²) in [5.74, 6) is -0.770. The fraction of sp³-hybridized carbons (Fsp3) is 0.455. The number of hydrogen-bond donors (Lipinski definition) is 0. The standard InChI is InChI=1S/C11H13F2NO3/c1-4-17-11(15)8-6(2)5-7(9(12)13)14-10(8)16-3/h5,9H,4H2,1-3H3. The minimum atomic E-state index is -2.71. The predicted molar refractivity (Wildman–Crippen MR) is 56.4 cm³/mol. The van der Waals surface area contributed by atoms with E-state index in [2.05, 4.69) is 4.98 Å². The molecule has 0 saturated heterocycles. The zero-order valence-electron chi connectivity index (χ0n) is 9.79. The molecule has 0 aromatic carbocycles. The largest absolute Gasteiger partial charge is 0.480 e. The number of alkyl halides is 2. The molecule has 0 atom stereocenters. The predicted octanol–water partition coefficient (Wildman–Crippen LogP) is 2.51. The second kappa shape index (κ2) is 5.56. The quantitative estimate of drug-likeness (QED) is 0.765. The number of rotatable bonds is 4. The molecule has 4 nitrogen and oxygen atoms in total. The first-order valence-corrected chi connectivity index (χ1v) is 5.02. The third-order valence-corrected chi connectivity index (χ3v) is 2.10. The molecule has 6 heteroatoms. The summed E-state index contributed by atoms with van der Waals surface area (Å²) in [5.41, 5.74) is 0.0109. The van der Waals surface area contributed by atoms with Crippen LogP contribution >= 0.6 is 0 Å². The number of ether oxygens (including phenoxy) is 2. The fourth-order valence-electron chi connectivity index (χ4n) is 1.38. The van der Waals surface area contributed by atoms with Gasteiger partial charge in [-0.15, -0.1) is 0 Å². The number of nitrogens with zero attached hydrogens (tertiary/aromatic N) is 1. The molecule has 1 heterocycles. The number of halogens is 2. The van der Waals surface area contributed by atoms with Gasteiger partial charge in [-0.3, -0.25) is 0 Å². The first-order chi connectivity index (χ1) is 8.01. The van der Waals surface area contributed by atoms with Gasteiger partial charge in [0.1, 0.15) is 11.3 Å². The van der Waals surface area contributed by atoms with Gasteiger partial charge in [-0.25, -0.2) is 18.6 Å². The van der Waals surface area contributed by atoms with Crippen molar-refractivity contribution in [2.24, 2.45) is 0 Å². The van der Waals surface area contributed by atoms with Crippen LogP contribution in [-0.2, 0) is 4.74 Å². The highest BCUT2D eigenvalue weighted by molar-refractivity contribution is 5.93. The van der Waals surface area contributed by atoms with E-state index in [4.69, 9.17) is 9.47 Å². The summed E-state index contributed by atoms with van der Waals surface area (Å²) in [5, 5.41) is 0. The number of aryl methyl sites for hydroxylation is 1. The van der Waals surface area contributed by atoms with Gasteiger partial charge in [-0.05, 0) is 25.5 Å². The van der Waals surface area contributed by atoms with Gasteiger partial charge in [0.2, 0.25) is 5.88 Å². The molecule has 1 aromatic rings. The molecule has 0 aliphatic rings. The molecule has 0 bridgehead atoms. The van der Waals surface area contributed by atoms with E-state index in [-0.39, 0.29) is 18.1 Å². The Morgan fingerprint density at radius 3 is 2.65 bits per heavy atom. The van der Waals surface area contributed by atoms with Gasteiger partial charge in [-0.1, -0.05) is 0 Å². The zero-order chi connectivity index (χ0) is 13.0. The van der Waals surface area contributed by atoms with E-state index in [1.807, 2.05) is 0 Å². The van der Waals surface area contributed by atoms with Gasteiger partial charge in [-0.2, -0.15) is 0 Å². The van der Waals surface area contributed by atoms with Gasteiger partial charge < -0.3 is 9.47 Å². The monoisotopic (exact) mass is 245 g/mol. The second-order valence-corrected chi connectivity index (χ2v) is 3.27. The lowest BCUT2D eigenvalue weighted by atomic mass is 10.1. The summed E-state index contributed by atoms with van der Waals surface area (Å²) in [6.07, 6.45) is -2.71. The van der Waals surface area contributed by atoms with Crippen molar-refractivity contribution in [2.75, 3.05) is 13.7 Å². The number of methoxy groups -OCH3 is 1. The van der Waals surface area contributed by atoms with Crippen molar-refractivity contribution in [3.05, 3.63) is 22.9 Å². The normalized spacial score (nSPS) is 10.5. The van der Waals surface area contributed by atoms with E-state index in [1.54, 1.807) is 6.92 Å². The van der Waals surface area contributed by atoms with E-state index in [1.165, 1.54) is 14.0 Å². The highest BCUT2D eigenvalue weighted by Crippen LogP contribution is 2.26. The molecule has 0 aliphatic carbocycles. The Hall–Kier alpha value is -1.72. The molecule has 0 radical (unpaired) electrons. The first kappa shape index (κ1) is 13.3. The molecule has 0 aliphatic heterocycles. The summed E-state index contributed by atoms with van der Waals surface area (Å²) in [4.78, 5) is 15.2. The van der Waals surface area contributed by atoms with Gasteiger partial charge >= 0.3 is 5.97 Å². The number of carbonyl (C=O) groups excluding carboxylic acids is 1. The third kappa shape index (κ3) is 2.89. The summed E-state index contributed by atoms with van der Waals surface area (Å²) in [6.45, 7) is 3.38. The first-order valence-electron chi connectivity index (χ1n) is 5.02. The van der Waals surface area contributed by atoms with E-state index in [9.17, 15) is 13.6 Å². The molecule has 0 N–H and O–H groups in total. The maximum Gasteiger partial charge on any atom is 0.343 e. The minimum absolute atomic E-state index is 0.0822. The SMILES string of the molecule is CCOC(=O)c1c(C)cc(C(F)F)nc1OC. The summed E-state index contributed by atoms with van der Waals surface area (Å²) < 4.78 is 34.7. The Labute approximate surface area is 97.6 Å². The molecule has 0 fully saturated rings. The molecular weight excluding hydrogens is 232 g/mol. The van der Waals surface area contributed by atoms with Crippen LogP contribution in [-0.4, -0.2) is 24.7 Å². The summed E-state index contributed by atoms with van der Waals surface area (Å²) in [6, 6.07) is 1.15. The van der Waals surface area contributed by atoms with Crippen LogP contribution in [0.1, 0.15) is 35.0 Å². The van der Waals surface area contributed by atoms with Gasteiger partial charge in [0.05, 0.1) is 13.7 Å². The molecule has 0 unspecified atom stereocenters. The Morgan fingerprint density at radius 2 is 2.18 bits per heavy atom. The topological polar surface area (TPSA) is 48.4 Å². The number of aromatic nitrogens is 1. The Bertz CT molecular complexity index is 421. The van der Waals surface area contributed by atoms with E-state index < -0.39 is 18.1 Å². The van der Waals surface area contributed by atoms with Crippen molar-refractivity contribution in [1.82, 2.24) is 4.98 Å². The highest BCUT2D eigenvalue weighted by Gasteiger charge is 2.21. The molecule has 1 aromatic heterocycles. The number of esters is 1. The Morgan fingerprint density at radius 1 is 1.53 bits per heavy atom. The minimum Gasteiger partial charge on any atom is -0.480 e. The molecule has 0 saturated carbocycles. The van der Waals surface area contributed by atoms with E-state index in [0.717, 1.165) is 6.07 Å². The van der Waals surface area contributed by atoms with Crippen molar-refractivity contribution >= 4 is 5.97 Å². The smallest absolute Gasteiger partial charge is 0.343 e. The van der Waals surface area contributed by atoms with Crippen LogP contribution in [0.2, 0.25) is 0 Å². The third-order valence-electron chi connectivity index (χ3n) is 2.10. The summed E-state index contributed by atoms with van der Waals surface area (Å²) >= 11 is 0. The Balaban J connectivity index is 3.25. The van der Waals surface area contributed by atoms with Crippen LogP contribution < -0.4 is 4.74 Å². The van der Waals surface area contributed by atoms with Gasteiger partial charge in [0.25, 0.3) is 6.43 Å². The van der Waals surface area contributed by atoms with E-state index in [0.29, 0.717) is 5.56 Å². The zero-order valence-corrected chi connectivity index (χ0v) is 9.79. The highest BCUT2D eigenvalue weighted by atomic mass is 19.3. The number of pyridine rings is 1. The van der Waals surface area contributed by atoms with Crippen LogP contribution in [0.25, 0.3) is 0 Å². The molecule has 94 valence electrons. The van der Waals surface area contributed by atoms with Crippen molar-refractivity contribution in [3.8, 4) is 5.88 Å². The van der Waals surface area contributed by atoms with Crippen LogP contribution in [0.3, 0.4) is 0 Å². The van der Waals surface area contributed by atoms with Crippen LogP contribution in [0.5, 0.6) is 5.88 Å². The molecular formula is C11H13F2NO3. The Kier molecular flexibility index (Phi) is 4.37. The van der Waals surface area contributed by atoms with Gasteiger partial charge in [0.15, 0.2) is 0 Å². The van der Waals surface area contributed by atoms with E-state index >= 15 is 0 Å². The molecule has 0 amide bonds. The van der Waals surface area contributed by atoms with Crippen LogP contribution in [0.4, 0.5) is 8.78 Å².